The second kappa shape index (κ2) is 10.0. The van der Waals surface area contributed by atoms with Crippen molar-refractivity contribution in [3.63, 3.8) is 0 Å². The van der Waals surface area contributed by atoms with Gasteiger partial charge in [-0.05, 0) is 47.4 Å². The van der Waals surface area contributed by atoms with Crippen molar-refractivity contribution in [3.05, 3.63) is 90.5 Å². The smallest absolute Gasteiger partial charge is 0.115 e. The highest BCUT2D eigenvalue weighted by Gasteiger charge is 2.12. The lowest BCUT2D eigenvalue weighted by molar-refractivity contribution is 0.473. The second-order valence-electron chi connectivity index (χ2n) is 6.47. The van der Waals surface area contributed by atoms with Crippen molar-refractivity contribution in [2.24, 2.45) is 0 Å². The molecule has 3 rings (SSSR count). The molecule has 0 saturated heterocycles. The highest BCUT2D eigenvalue weighted by atomic mass is 16.3. The first-order chi connectivity index (χ1) is 11.8. The quantitative estimate of drug-likeness (QED) is 0.509. The van der Waals surface area contributed by atoms with Crippen molar-refractivity contribution in [1.82, 2.24) is 0 Å². The maximum atomic E-state index is 9.02. The van der Waals surface area contributed by atoms with Crippen LogP contribution in [0, 0.1) is 0 Å². The molecule has 0 spiro atoms. The molecule has 0 aliphatic heterocycles. The normalized spacial score (nSPS) is 9.88. The highest BCUT2D eigenvalue weighted by Crippen LogP contribution is 2.23. The third kappa shape index (κ3) is 9.06. The molecule has 0 atom stereocenters. The molecule has 25 heavy (non-hydrogen) atoms. The van der Waals surface area contributed by atoms with E-state index in [-0.39, 0.29) is 5.41 Å². The van der Waals surface area contributed by atoms with Crippen LogP contribution < -0.4 is 0 Å². The first-order valence-corrected chi connectivity index (χ1v) is 8.06. The first-order valence-electron chi connectivity index (χ1n) is 8.06. The standard InChI is InChI=1S/C10H14O.2C6H6O/c1-10(2,3)8-4-6-9(11)7-5-8;2*7-6-4-2-1-3-5-6/h4-7,11H,1-3H3;2*1-5,7H. The molecule has 0 saturated carbocycles. The Morgan fingerprint density at radius 3 is 1.04 bits per heavy atom. The maximum Gasteiger partial charge on any atom is 0.115 e. The van der Waals surface area contributed by atoms with E-state index in [1.165, 1.54) is 5.56 Å². The number of aromatic hydroxyl groups is 3. The number of para-hydroxylation sites is 2. The topological polar surface area (TPSA) is 60.7 Å². The molecule has 0 aliphatic carbocycles. The maximum absolute atomic E-state index is 9.02. The van der Waals surface area contributed by atoms with Gasteiger partial charge in [0.15, 0.2) is 0 Å². The Hall–Kier alpha value is -2.94. The minimum Gasteiger partial charge on any atom is -0.508 e. The molecule has 132 valence electrons. The summed E-state index contributed by atoms with van der Waals surface area (Å²) in [5.74, 6) is 0.975. The summed E-state index contributed by atoms with van der Waals surface area (Å²) >= 11 is 0. The summed E-state index contributed by atoms with van der Waals surface area (Å²) in [6, 6.07) is 24.8. The van der Waals surface area contributed by atoms with Crippen LogP contribution in [0.4, 0.5) is 0 Å². The number of hydrogen-bond acceptors (Lipinski definition) is 3. The van der Waals surface area contributed by atoms with E-state index in [0.717, 1.165) is 0 Å². The number of benzene rings is 3. The lowest BCUT2D eigenvalue weighted by Gasteiger charge is -2.18. The molecule has 0 fully saturated rings. The highest BCUT2D eigenvalue weighted by molar-refractivity contribution is 5.29. The van der Waals surface area contributed by atoms with Gasteiger partial charge in [-0.1, -0.05) is 69.3 Å². The molecular weight excluding hydrogens is 312 g/mol. The third-order valence-corrected chi connectivity index (χ3v) is 3.25. The molecule has 3 nitrogen and oxygen atoms in total. The lowest BCUT2D eigenvalue weighted by atomic mass is 9.87. The Morgan fingerprint density at radius 2 is 0.800 bits per heavy atom. The van der Waals surface area contributed by atoms with Crippen molar-refractivity contribution in [1.29, 1.82) is 0 Å². The zero-order chi connectivity index (χ0) is 18.7. The van der Waals surface area contributed by atoms with Crippen molar-refractivity contribution in [2.45, 2.75) is 26.2 Å². The Balaban J connectivity index is 0.000000195. The summed E-state index contributed by atoms with van der Waals surface area (Å²) < 4.78 is 0. The Morgan fingerprint density at radius 1 is 0.480 bits per heavy atom. The van der Waals surface area contributed by atoms with Gasteiger partial charge < -0.3 is 15.3 Å². The fourth-order valence-corrected chi connectivity index (χ4v) is 1.82. The molecule has 0 radical (unpaired) electrons. The number of hydrogen-bond donors (Lipinski definition) is 3. The van der Waals surface area contributed by atoms with Gasteiger partial charge in [0, 0.05) is 0 Å². The van der Waals surface area contributed by atoms with E-state index in [4.69, 9.17) is 15.3 Å². The van der Waals surface area contributed by atoms with Crippen LogP contribution >= 0.6 is 0 Å². The lowest BCUT2D eigenvalue weighted by Crippen LogP contribution is -2.10. The molecule has 3 aromatic carbocycles. The Labute approximate surface area is 149 Å². The van der Waals surface area contributed by atoms with Crippen LogP contribution in [0.25, 0.3) is 0 Å². The van der Waals surface area contributed by atoms with Gasteiger partial charge in [0.1, 0.15) is 17.2 Å². The Kier molecular flexibility index (Phi) is 8.07. The third-order valence-electron chi connectivity index (χ3n) is 3.25. The van der Waals surface area contributed by atoms with Crippen LogP contribution in [0.15, 0.2) is 84.9 Å². The van der Waals surface area contributed by atoms with Crippen LogP contribution in [-0.2, 0) is 5.41 Å². The molecule has 0 amide bonds. The fourth-order valence-electron chi connectivity index (χ4n) is 1.82. The zero-order valence-corrected chi connectivity index (χ0v) is 14.9. The summed E-state index contributed by atoms with van der Waals surface area (Å²) in [6.45, 7) is 6.46. The van der Waals surface area contributed by atoms with Crippen LogP contribution in [0.5, 0.6) is 17.2 Å². The van der Waals surface area contributed by atoms with Gasteiger partial charge in [-0.15, -0.1) is 0 Å². The molecule has 0 unspecified atom stereocenters. The summed E-state index contributed by atoms with van der Waals surface area (Å²) in [5.41, 5.74) is 1.42. The minimum atomic E-state index is 0.174. The summed E-state index contributed by atoms with van der Waals surface area (Å²) in [5, 5.41) is 26.3. The molecular formula is C22H26O3. The van der Waals surface area contributed by atoms with Crippen molar-refractivity contribution < 1.29 is 15.3 Å². The molecule has 0 aromatic heterocycles. The van der Waals surface area contributed by atoms with Crippen LogP contribution in [-0.4, -0.2) is 15.3 Å². The van der Waals surface area contributed by atoms with Crippen molar-refractivity contribution >= 4 is 0 Å². The predicted molar refractivity (Wildman–Crippen MR) is 103 cm³/mol. The SMILES string of the molecule is CC(C)(C)c1ccc(O)cc1.Oc1ccccc1.Oc1ccccc1. The number of phenols is 3. The van der Waals surface area contributed by atoms with Crippen molar-refractivity contribution in [2.75, 3.05) is 0 Å². The Bertz CT molecular complexity index is 662. The average molecular weight is 338 g/mol. The van der Waals surface area contributed by atoms with Gasteiger partial charge in [-0.3, -0.25) is 0 Å². The number of rotatable bonds is 0. The van der Waals surface area contributed by atoms with Crippen molar-refractivity contribution in [3.8, 4) is 17.2 Å². The summed E-state index contributed by atoms with van der Waals surface area (Å²) in [7, 11) is 0. The first kappa shape index (κ1) is 20.1. The molecule has 3 N–H and O–H groups in total. The monoisotopic (exact) mass is 338 g/mol. The molecule has 0 heterocycles. The van der Waals surface area contributed by atoms with Gasteiger partial charge in [0.05, 0.1) is 0 Å². The van der Waals surface area contributed by atoms with Crippen LogP contribution in [0.2, 0.25) is 0 Å². The zero-order valence-electron chi connectivity index (χ0n) is 14.9. The fraction of sp³-hybridized carbons (Fsp3) is 0.182. The van der Waals surface area contributed by atoms with Gasteiger partial charge in [-0.25, -0.2) is 0 Å². The van der Waals surface area contributed by atoms with Crippen LogP contribution in [0.3, 0.4) is 0 Å². The van der Waals surface area contributed by atoms with E-state index in [2.05, 4.69) is 20.8 Å². The van der Waals surface area contributed by atoms with Gasteiger partial charge in [-0.2, -0.15) is 0 Å². The second-order valence-corrected chi connectivity index (χ2v) is 6.47. The van der Waals surface area contributed by atoms with E-state index < -0.39 is 0 Å². The average Bonchev–Trinajstić information content (AvgIpc) is 2.57. The van der Waals surface area contributed by atoms with E-state index in [1.807, 2.05) is 24.3 Å². The molecule has 3 heteroatoms. The summed E-state index contributed by atoms with van der Waals surface area (Å²) in [4.78, 5) is 0. The van der Waals surface area contributed by atoms with E-state index in [9.17, 15) is 0 Å². The summed E-state index contributed by atoms with van der Waals surface area (Å²) in [6.07, 6.45) is 0. The van der Waals surface area contributed by atoms with Gasteiger partial charge in [0.2, 0.25) is 0 Å². The number of phenolic OH excluding ortho intramolecular Hbond substituents is 3. The minimum absolute atomic E-state index is 0.174. The van der Waals surface area contributed by atoms with Crippen LogP contribution in [0.1, 0.15) is 26.3 Å². The van der Waals surface area contributed by atoms with E-state index in [1.54, 1.807) is 60.7 Å². The molecule has 0 bridgehead atoms. The largest absolute Gasteiger partial charge is 0.508 e. The van der Waals surface area contributed by atoms with Gasteiger partial charge in [0.25, 0.3) is 0 Å². The van der Waals surface area contributed by atoms with Gasteiger partial charge >= 0.3 is 0 Å². The molecule has 0 aliphatic rings. The van der Waals surface area contributed by atoms with E-state index >= 15 is 0 Å². The predicted octanol–water partition coefficient (Wildman–Crippen LogP) is 5.47. The molecule has 3 aromatic rings. The van der Waals surface area contributed by atoms with E-state index in [0.29, 0.717) is 17.2 Å².